The summed E-state index contributed by atoms with van der Waals surface area (Å²) in [6, 6.07) is 1.30. The molecule has 3 nitrogen and oxygen atoms in total. The molecule has 1 N–H and O–H groups in total. The maximum Gasteiger partial charge on any atom is 0.243 e. The van der Waals surface area contributed by atoms with Crippen LogP contribution in [-0.4, -0.2) is 35.3 Å². The van der Waals surface area contributed by atoms with E-state index in [0.29, 0.717) is 0 Å². The van der Waals surface area contributed by atoms with Gasteiger partial charge in [-0.3, -0.25) is 4.79 Å². The molecule has 0 saturated carbocycles. The Balaban J connectivity index is 2.99. The van der Waals surface area contributed by atoms with Gasteiger partial charge in [0.1, 0.15) is 0 Å². The van der Waals surface area contributed by atoms with Crippen LogP contribution >= 0.6 is 0 Å². The van der Waals surface area contributed by atoms with Crippen molar-refractivity contribution in [3.05, 3.63) is 12.7 Å². The van der Waals surface area contributed by atoms with Crippen LogP contribution in [0, 0.1) is 0 Å². The molecule has 4 heteroatoms. The van der Waals surface area contributed by atoms with Crippen molar-refractivity contribution >= 4 is 15.4 Å². The molecule has 0 aromatic carbocycles. The summed E-state index contributed by atoms with van der Waals surface area (Å²) in [7, 11) is 1.75. The molecule has 0 saturated heterocycles. The van der Waals surface area contributed by atoms with Crippen LogP contribution in [0.25, 0.3) is 0 Å². The van der Waals surface area contributed by atoms with E-state index in [-0.39, 0.29) is 15.4 Å². The van der Waals surface area contributed by atoms with Gasteiger partial charge in [0, 0.05) is 19.9 Å². The SMILES string of the molecule is C=CC(=O)NCCCC[SiH2]COC. The Labute approximate surface area is 82.4 Å². The van der Waals surface area contributed by atoms with Crippen molar-refractivity contribution in [3.63, 3.8) is 0 Å². The quantitative estimate of drug-likeness (QED) is 0.347. The molecule has 13 heavy (non-hydrogen) atoms. The minimum Gasteiger partial charge on any atom is -0.389 e. The van der Waals surface area contributed by atoms with E-state index in [1.165, 1.54) is 18.5 Å². The van der Waals surface area contributed by atoms with Crippen LogP contribution in [0.15, 0.2) is 12.7 Å². The monoisotopic (exact) mass is 201 g/mol. The van der Waals surface area contributed by atoms with Gasteiger partial charge >= 0.3 is 0 Å². The number of methoxy groups -OCH3 is 1. The number of ether oxygens (including phenoxy) is 1. The summed E-state index contributed by atoms with van der Waals surface area (Å²) in [5.74, 6) is -0.0749. The first-order valence-electron chi connectivity index (χ1n) is 4.70. The van der Waals surface area contributed by atoms with Crippen molar-refractivity contribution in [1.29, 1.82) is 0 Å². The van der Waals surface area contributed by atoms with Gasteiger partial charge in [0.15, 0.2) is 0 Å². The first kappa shape index (κ1) is 12.4. The number of carbonyl (C=O) groups excluding carboxylic acids is 1. The molecule has 0 aliphatic rings. The van der Waals surface area contributed by atoms with Crippen LogP contribution < -0.4 is 5.32 Å². The third-order valence-corrected chi connectivity index (χ3v) is 3.46. The van der Waals surface area contributed by atoms with Crippen LogP contribution in [0.5, 0.6) is 0 Å². The number of hydrogen-bond donors (Lipinski definition) is 1. The maximum atomic E-state index is 10.7. The summed E-state index contributed by atoms with van der Waals surface area (Å²) in [4.78, 5) is 10.7. The van der Waals surface area contributed by atoms with E-state index >= 15 is 0 Å². The fourth-order valence-corrected chi connectivity index (χ4v) is 2.21. The van der Waals surface area contributed by atoms with Crippen LogP contribution in [0.3, 0.4) is 0 Å². The van der Waals surface area contributed by atoms with Crippen molar-refractivity contribution in [2.24, 2.45) is 0 Å². The van der Waals surface area contributed by atoms with E-state index in [1.54, 1.807) is 7.11 Å². The zero-order chi connectivity index (χ0) is 9.94. The minimum absolute atomic E-state index is 0.00363. The molecular formula is C9H19NO2Si. The van der Waals surface area contributed by atoms with E-state index in [1.807, 2.05) is 0 Å². The van der Waals surface area contributed by atoms with Crippen molar-refractivity contribution < 1.29 is 9.53 Å². The van der Waals surface area contributed by atoms with Crippen LogP contribution in [0.4, 0.5) is 0 Å². The summed E-state index contributed by atoms with van der Waals surface area (Å²) in [6.45, 7) is 4.15. The third kappa shape index (κ3) is 9.30. The molecule has 1 amide bonds. The Morgan fingerprint density at radius 1 is 1.62 bits per heavy atom. The first-order valence-corrected chi connectivity index (χ1v) is 6.70. The summed E-state index contributed by atoms with van der Waals surface area (Å²) >= 11 is 0. The van der Waals surface area contributed by atoms with Crippen LogP contribution in [0.1, 0.15) is 12.8 Å². The van der Waals surface area contributed by atoms with E-state index in [2.05, 4.69) is 11.9 Å². The Morgan fingerprint density at radius 3 is 3.00 bits per heavy atom. The molecule has 0 rings (SSSR count). The molecule has 0 bridgehead atoms. The molecule has 0 aliphatic carbocycles. The molecule has 76 valence electrons. The second-order valence-corrected chi connectivity index (χ2v) is 4.72. The summed E-state index contributed by atoms with van der Waals surface area (Å²) in [5, 5.41) is 2.75. The van der Waals surface area contributed by atoms with Gasteiger partial charge in [0.05, 0.1) is 9.52 Å². The van der Waals surface area contributed by atoms with Gasteiger partial charge in [-0.2, -0.15) is 0 Å². The van der Waals surface area contributed by atoms with Gasteiger partial charge < -0.3 is 10.1 Å². The predicted octanol–water partition coefficient (Wildman–Crippen LogP) is 0.260. The van der Waals surface area contributed by atoms with Gasteiger partial charge in [-0.05, 0) is 12.5 Å². The van der Waals surface area contributed by atoms with E-state index in [0.717, 1.165) is 19.2 Å². The average molecular weight is 201 g/mol. The second-order valence-electron chi connectivity index (χ2n) is 2.90. The average Bonchev–Trinajstić information content (AvgIpc) is 2.16. The molecule has 0 aliphatic heterocycles. The van der Waals surface area contributed by atoms with Crippen LogP contribution in [0.2, 0.25) is 6.04 Å². The summed E-state index contributed by atoms with van der Waals surface area (Å²) in [5.41, 5.74) is 0. The van der Waals surface area contributed by atoms with Crippen LogP contribution in [-0.2, 0) is 9.53 Å². The lowest BCUT2D eigenvalue weighted by molar-refractivity contribution is -0.116. The van der Waals surface area contributed by atoms with Crippen molar-refractivity contribution in [2.75, 3.05) is 19.9 Å². The zero-order valence-electron chi connectivity index (χ0n) is 8.34. The Hall–Kier alpha value is -0.613. The van der Waals surface area contributed by atoms with Crippen molar-refractivity contribution in [3.8, 4) is 0 Å². The highest BCUT2D eigenvalue weighted by molar-refractivity contribution is 6.35. The lowest BCUT2D eigenvalue weighted by atomic mass is 10.3. The van der Waals surface area contributed by atoms with E-state index < -0.39 is 0 Å². The molecule has 0 spiro atoms. The number of amides is 1. The lowest BCUT2D eigenvalue weighted by Crippen LogP contribution is -2.21. The van der Waals surface area contributed by atoms with Gasteiger partial charge in [0.2, 0.25) is 5.91 Å². The highest BCUT2D eigenvalue weighted by atomic mass is 28.2. The van der Waals surface area contributed by atoms with Crippen molar-refractivity contribution in [2.45, 2.75) is 18.9 Å². The topological polar surface area (TPSA) is 38.3 Å². The number of carbonyl (C=O) groups is 1. The standard InChI is InChI=1S/C9H19NO2Si/c1-3-9(11)10-6-4-5-7-13-8-12-2/h3H,1,4-8,13H2,2H3,(H,10,11). The predicted molar refractivity (Wildman–Crippen MR) is 57.7 cm³/mol. The molecule has 0 unspecified atom stereocenters. The normalized spacial score (nSPS) is 10.5. The molecule has 0 aromatic rings. The molecule has 0 heterocycles. The van der Waals surface area contributed by atoms with Gasteiger partial charge in [0.25, 0.3) is 0 Å². The number of unbranched alkanes of at least 4 members (excludes halogenated alkanes) is 1. The smallest absolute Gasteiger partial charge is 0.243 e. The van der Waals surface area contributed by atoms with E-state index in [4.69, 9.17) is 4.74 Å². The number of rotatable bonds is 8. The molecular weight excluding hydrogens is 182 g/mol. The summed E-state index contributed by atoms with van der Waals surface area (Å²) < 4.78 is 4.98. The first-order chi connectivity index (χ1) is 6.31. The highest BCUT2D eigenvalue weighted by Gasteiger charge is 1.93. The Bertz CT molecular complexity index is 151. The zero-order valence-corrected chi connectivity index (χ0v) is 9.76. The lowest BCUT2D eigenvalue weighted by Gasteiger charge is -2.01. The third-order valence-electron chi connectivity index (χ3n) is 1.76. The molecule has 0 fully saturated rings. The van der Waals surface area contributed by atoms with Gasteiger partial charge in [-0.1, -0.05) is 19.0 Å². The second kappa shape index (κ2) is 9.47. The van der Waals surface area contributed by atoms with Crippen molar-refractivity contribution in [1.82, 2.24) is 5.32 Å². The fourth-order valence-electron chi connectivity index (χ4n) is 1.01. The van der Waals surface area contributed by atoms with E-state index in [9.17, 15) is 4.79 Å². The van der Waals surface area contributed by atoms with Gasteiger partial charge in [-0.15, -0.1) is 0 Å². The molecule has 0 aromatic heterocycles. The highest BCUT2D eigenvalue weighted by Crippen LogP contribution is 1.93. The molecule has 0 atom stereocenters. The van der Waals surface area contributed by atoms with Gasteiger partial charge in [-0.25, -0.2) is 0 Å². The minimum atomic E-state index is -0.0749. The number of hydrogen-bond acceptors (Lipinski definition) is 2. The fraction of sp³-hybridized carbons (Fsp3) is 0.667. The summed E-state index contributed by atoms with van der Waals surface area (Å²) in [6.07, 6.45) is 4.54. The Morgan fingerprint density at radius 2 is 2.38 bits per heavy atom. The largest absolute Gasteiger partial charge is 0.389 e. The maximum absolute atomic E-state index is 10.7. The number of nitrogens with one attached hydrogen (secondary N) is 1. The molecule has 0 radical (unpaired) electrons. The Kier molecular flexibility index (Phi) is 9.03.